The largest absolute Gasteiger partial charge is 0.481 e. The van der Waals surface area contributed by atoms with E-state index >= 15 is 0 Å². The third-order valence-electron chi connectivity index (χ3n) is 5.95. The van der Waals surface area contributed by atoms with Crippen molar-refractivity contribution in [3.8, 4) is 0 Å². The number of fused-ring (bicyclic) bond motifs is 1. The molecule has 0 amide bonds. The van der Waals surface area contributed by atoms with Gasteiger partial charge in [-0.25, -0.2) is 0 Å². The molecule has 1 aromatic heterocycles. The molecule has 5 nitrogen and oxygen atoms in total. The van der Waals surface area contributed by atoms with Crippen molar-refractivity contribution in [3.05, 3.63) is 69.3 Å². The topological polar surface area (TPSA) is 72.2 Å². The number of alkyl halides is 3. The lowest BCUT2D eigenvalue weighted by Gasteiger charge is -2.28. The number of aromatic nitrogens is 2. The second-order valence-corrected chi connectivity index (χ2v) is 8.97. The van der Waals surface area contributed by atoms with E-state index in [0.29, 0.717) is 29.5 Å². The van der Waals surface area contributed by atoms with Crippen LogP contribution < -0.4 is 0 Å². The Morgan fingerprint density at radius 3 is 2.39 bits per heavy atom. The molecule has 1 N–H and O–H groups in total. The molecule has 0 spiro atoms. The number of benzene rings is 2. The van der Waals surface area contributed by atoms with Gasteiger partial charge in [-0.05, 0) is 56.0 Å². The number of nitrogens with zero attached hydrogens (tertiary/aromatic N) is 2. The van der Waals surface area contributed by atoms with E-state index < -0.39 is 34.6 Å². The smallest absolute Gasteiger partial charge is 0.417 e. The summed E-state index contributed by atoms with van der Waals surface area (Å²) < 4.78 is 41.7. The maximum Gasteiger partial charge on any atom is 0.417 e. The first kappa shape index (κ1) is 23.3. The number of hydrogen-bond donors (Lipinski definition) is 1. The van der Waals surface area contributed by atoms with Gasteiger partial charge in [0, 0.05) is 5.39 Å². The maximum absolute atomic E-state index is 13.6. The van der Waals surface area contributed by atoms with Crippen molar-refractivity contribution >= 4 is 51.6 Å². The quantitative estimate of drug-likeness (QED) is 0.437. The van der Waals surface area contributed by atoms with Crippen LogP contribution in [-0.4, -0.2) is 26.8 Å². The van der Waals surface area contributed by atoms with Gasteiger partial charge in [0.2, 0.25) is 0 Å². The zero-order valence-corrected chi connectivity index (χ0v) is 18.7. The summed E-state index contributed by atoms with van der Waals surface area (Å²) in [5, 5.41) is 14.1. The highest BCUT2D eigenvalue weighted by atomic mass is 35.5. The molecule has 33 heavy (non-hydrogen) atoms. The van der Waals surface area contributed by atoms with Crippen LogP contribution in [0.2, 0.25) is 10.0 Å². The van der Waals surface area contributed by atoms with Gasteiger partial charge < -0.3 is 5.11 Å². The van der Waals surface area contributed by atoms with Crippen LogP contribution in [0.1, 0.15) is 47.8 Å². The molecule has 0 saturated carbocycles. The van der Waals surface area contributed by atoms with Crippen LogP contribution in [0.15, 0.2) is 42.5 Å². The predicted molar refractivity (Wildman–Crippen MR) is 118 cm³/mol. The Labute approximate surface area is 196 Å². The van der Waals surface area contributed by atoms with Crippen molar-refractivity contribution in [3.63, 3.8) is 0 Å². The van der Waals surface area contributed by atoms with E-state index in [1.54, 1.807) is 25.1 Å². The number of carbonyl (C=O) groups excluding carboxylic acids is 1. The van der Waals surface area contributed by atoms with E-state index in [2.05, 4.69) is 5.10 Å². The monoisotopic (exact) mass is 496 g/mol. The van der Waals surface area contributed by atoms with Crippen LogP contribution >= 0.6 is 23.2 Å². The average molecular weight is 497 g/mol. The molecule has 172 valence electrons. The molecule has 0 radical (unpaired) electrons. The first-order valence-corrected chi connectivity index (χ1v) is 10.7. The van der Waals surface area contributed by atoms with Crippen molar-refractivity contribution in [2.24, 2.45) is 5.41 Å². The number of rotatable bonds is 3. The molecule has 4 rings (SSSR count). The predicted octanol–water partition coefficient (Wildman–Crippen LogP) is 6.71. The summed E-state index contributed by atoms with van der Waals surface area (Å²) in [6.07, 6.45) is -2.13. The summed E-state index contributed by atoms with van der Waals surface area (Å²) in [5.74, 6) is -1.96. The molecular formula is C23H17Cl2F3N2O3. The number of carbonyl (C=O) groups is 2. The Hall–Kier alpha value is -2.84. The molecule has 2 aromatic carbocycles. The molecule has 1 heterocycles. The third kappa shape index (κ3) is 4.02. The zero-order valence-electron chi connectivity index (χ0n) is 17.2. The van der Waals surface area contributed by atoms with Gasteiger partial charge in [-0.2, -0.15) is 23.0 Å². The fraction of sp³-hybridized carbons (Fsp3) is 0.261. The maximum atomic E-state index is 13.6. The summed E-state index contributed by atoms with van der Waals surface area (Å²) >= 11 is 12.4. The minimum absolute atomic E-state index is 0.225. The van der Waals surface area contributed by atoms with E-state index in [0.717, 1.165) is 16.8 Å². The van der Waals surface area contributed by atoms with E-state index in [4.69, 9.17) is 23.2 Å². The Balaban J connectivity index is 1.90. The van der Waals surface area contributed by atoms with Gasteiger partial charge >= 0.3 is 12.1 Å². The highest BCUT2D eigenvalue weighted by Gasteiger charge is 2.38. The van der Waals surface area contributed by atoms with Crippen LogP contribution in [0.4, 0.5) is 13.2 Å². The number of allylic oxidation sites excluding steroid dienone is 2. The van der Waals surface area contributed by atoms with Gasteiger partial charge in [-0.3, -0.25) is 9.59 Å². The first-order chi connectivity index (χ1) is 15.4. The molecule has 0 fully saturated rings. The van der Waals surface area contributed by atoms with Crippen molar-refractivity contribution in [1.29, 1.82) is 0 Å². The lowest BCUT2D eigenvalue weighted by molar-refractivity contribution is -0.148. The van der Waals surface area contributed by atoms with E-state index in [-0.39, 0.29) is 22.0 Å². The number of carboxylic acids is 1. The van der Waals surface area contributed by atoms with Crippen molar-refractivity contribution in [2.75, 3.05) is 0 Å². The normalized spacial score (nSPS) is 18.9. The van der Waals surface area contributed by atoms with Crippen molar-refractivity contribution in [1.82, 2.24) is 9.78 Å². The Bertz CT molecular complexity index is 1330. The van der Waals surface area contributed by atoms with Gasteiger partial charge in [-0.1, -0.05) is 41.4 Å². The standard InChI is InChI=1S/C23H17Cl2F3N2O3/c1-22(21(32)33)10-8-12(9-11-22)19-18-15(25)6-3-7-16(18)30(29-19)20(31)17-13(23(26,27)28)4-2-5-14(17)24/h2-8H,9-11H2,1H3,(H,32,33). The van der Waals surface area contributed by atoms with Crippen LogP contribution in [0, 0.1) is 5.41 Å². The molecule has 1 atom stereocenters. The highest BCUT2D eigenvalue weighted by Crippen LogP contribution is 2.42. The van der Waals surface area contributed by atoms with Gasteiger partial charge in [0.25, 0.3) is 5.91 Å². The zero-order chi connectivity index (χ0) is 24.1. The van der Waals surface area contributed by atoms with Gasteiger partial charge in [-0.15, -0.1) is 0 Å². The van der Waals surface area contributed by atoms with Crippen LogP contribution in [-0.2, 0) is 11.0 Å². The van der Waals surface area contributed by atoms with E-state index in [1.165, 1.54) is 12.1 Å². The van der Waals surface area contributed by atoms with Crippen LogP contribution in [0.5, 0.6) is 0 Å². The molecule has 0 bridgehead atoms. The van der Waals surface area contributed by atoms with Crippen LogP contribution in [0.25, 0.3) is 16.5 Å². The van der Waals surface area contributed by atoms with Gasteiger partial charge in [0.15, 0.2) is 0 Å². The second kappa shape index (κ2) is 8.18. The molecule has 0 aliphatic heterocycles. The molecular weight excluding hydrogens is 480 g/mol. The number of hydrogen-bond acceptors (Lipinski definition) is 3. The van der Waals surface area contributed by atoms with Gasteiger partial charge in [0.1, 0.15) is 0 Å². The minimum atomic E-state index is -4.80. The summed E-state index contributed by atoms with van der Waals surface area (Å²) in [6.45, 7) is 1.64. The van der Waals surface area contributed by atoms with E-state index in [9.17, 15) is 27.9 Å². The average Bonchev–Trinajstić information content (AvgIpc) is 3.14. The molecule has 1 unspecified atom stereocenters. The molecule has 0 saturated heterocycles. The number of halogens is 5. The van der Waals surface area contributed by atoms with Gasteiger partial charge in [0.05, 0.1) is 37.8 Å². The van der Waals surface area contributed by atoms with Crippen LogP contribution in [0.3, 0.4) is 0 Å². The fourth-order valence-electron chi connectivity index (χ4n) is 3.96. The van der Waals surface area contributed by atoms with Crippen molar-refractivity contribution in [2.45, 2.75) is 32.4 Å². The highest BCUT2D eigenvalue weighted by molar-refractivity contribution is 6.36. The summed E-state index contributed by atoms with van der Waals surface area (Å²) in [5.41, 5.74) is -1.57. The van der Waals surface area contributed by atoms with Crippen molar-refractivity contribution < 1.29 is 27.9 Å². The molecule has 3 aromatic rings. The van der Waals surface area contributed by atoms with E-state index in [1.807, 2.05) is 0 Å². The summed E-state index contributed by atoms with van der Waals surface area (Å²) in [4.78, 5) is 24.9. The summed E-state index contributed by atoms with van der Waals surface area (Å²) in [7, 11) is 0. The Morgan fingerprint density at radius 1 is 1.12 bits per heavy atom. The summed E-state index contributed by atoms with van der Waals surface area (Å²) in [6, 6.07) is 7.80. The fourth-order valence-corrected chi connectivity index (χ4v) is 4.48. The lowest BCUT2D eigenvalue weighted by Crippen LogP contribution is -2.29. The second-order valence-electron chi connectivity index (χ2n) is 8.16. The SMILES string of the molecule is CC1(C(=O)O)CC=C(c2nn(C(=O)c3c(Cl)cccc3C(F)(F)F)c3cccc(Cl)c23)CC1. The Kier molecular flexibility index (Phi) is 5.78. The molecule has 1 aliphatic rings. The lowest BCUT2D eigenvalue weighted by atomic mass is 9.76. The Morgan fingerprint density at radius 2 is 1.79 bits per heavy atom. The molecule has 1 aliphatic carbocycles. The third-order valence-corrected chi connectivity index (χ3v) is 6.58. The number of aliphatic carboxylic acids is 1. The first-order valence-electron chi connectivity index (χ1n) is 9.94. The molecule has 10 heteroatoms. The minimum Gasteiger partial charge on any atom is -0.481 e. The number of carboxylic acid groups (broad SMARTS) is 1.